The normalized spacial score (nSPS) is 10.7. The monoisotopic (exact) mass is 329 g/mol. The molecule has 0 aliphatic heterocycles. The summed E-state index contributed by atoms with van der Waals surface area (Å²) in [6.45, 7) is 2.44. The van der Waals surface area contributed by atoms with Crippen molar-refractivity contribution in [1.82, 2.24) is 15.6 Å². The molecule has 2 N–H and O–H groups in total. The third kappa shape index (κ3) is 3.84. The molecule has 1 heterocycles. The molecule has 23 heavy (non-hydrogen) atoms. The Morgan fingerprint density at radius 3 is 2.74 bits per heavy atom. The van der Waals surface area contributed by atoms with E-state index in [4.69, 9.17) is 0 Å². The first kappa shape index (κ1) is 15.4. The molecule has 0 unspecified atom stereocenters. The molecule has 2 amide bonds. The van der Waals surface area contributed by atoms with Crippen molar-refractivity contribution in [1.29, 1.82) is 0 Å². The highest BCUT2D eigenvalue weighted by molar-refractivity contribution is 7.18. The largest absolute Gasteiger partial charge is 0.334 e. The van der Waals surface area contributed by atoms with Gasteiger partial charge in [-0.05, 0) is 36.2 Å². The molecular formula is C17H16FN3OS. The van der Waals surface area contributed by atoms with Crippen molar-refractivity contribution in [3.8, 4) is 0 Å². The molecule has 0 spiro atoms. The van der Waals surface area contributed by atoms with E-state index in [9.17, 15) is 9.18 Å². The van der Waals surface area contributed by atoms with E-state index in [1.54, 1.807) is 30.4 Å². The predicted octanol–water partition coefficient (Wildman–Crippen LogP) is 3.74. The van der Waals surface area contributed by atoms with Crippen LogP contribution in [0.4, 0.5) is 9.18 Å². The summed E-state index contributed by atoms with van der Waals surface area (Å²) in [6, 6.07) is 12.4. The van der Waals surface area contributed by atoms with Crippen LogP contribution in [0.5, 0.6) is 0 Å². The third-order valence-electron chi connectivity index (χ3n) is 3.41. The Morgan fingerprint density at radius 2 is 1.96 bits per heavy atom. The number of aromatic nitrogens is 1. The topological polar surface area (TPSA) is 54.0 Å². The maximum Gasteiger partial charge on any atom is 0.315 e. The highest BCUT2D eigenvalue weighted by atomic mass is 32.1. The van der Waals surface area contributed by atoms with Gasteiger partial charge in [-0.25, -0.2) is 14.2 Å². The second-order valence-corrected chi connectivity index (χ2v) is 6.31. The van der Waals surface area contributed by atoms with E-state index in [1.807, 2.05) is 24.3 Å². The van der Waals surface area contributed by atoms with E-state index in [2.05, 4.69) is 15.6 Å². The van der Waals surface area contributed by atoms with Gasteiger partial charge >= 0.3 is 6.03 Å². The molecular weight excluding hydrogens is 313 g/mol. The summed E-state index contributed by atoms with van der Waals surface area (Å²) in [7, 11) is 0. The van der Waals surface area contributed by atoms with Crippen molar-refractivity contribution < 1.29 is 9.18 Å². The maximum absolute atomic E-state index is 13.2. The molecule has 0 radical (unpaired) electrons. The lowest BCUT2D eigenvalue weighted by molar-refractivity contribution is 0.240. The number of fused-ring (bicyclic) bond motifs is 1. The van der Waals surface area contributed by atoms with Crippen LogP contribution in [0.2, 0.25) is 0 Å². The fourth-order valence-electron chi connectivity index (χ4n) is 2.21. The molecule has 1 aromatic heterocycles. The lowest BCUT2D eigenvalue weighted by atomic mass is 10.1. The average Bonchev–Trinajstić information content (AvgIpc) is 2.97. The number of para-hydroxylation sites is 1. The van der Waals surface area contributed by atoms with Crippen LogP contribution in [-0.4, -0.2) is 11.0 Å². The number of nitrogens with one attached hydrogen (secondary N) is 2. The first-order valence-corrected chi connectivity index (χ1v) is 8.04. The summed E-state index contributed by atoms with van der Waals surface area (Å²) >= 11 is 1.56. The molecule has 0 bridgehead atoms. The zero-order valence-electron chi connectivity index (χ0n) is 12.6. The van der Waals surface area contributed by atoms with E-state index in [0.29, 0.717) is 18.7 Å². The van der Waals surface area contributed by atoms with Gasteiger partial charge < -0.3 is 10.6 Å². The van der Waals surface area contributed by atoms with Gasteiger partial charge in [0.15, 0.2) is 0 Å². The number of hydrogen-bond donors (Lipinski definition) is 2. The van der Waals surface area contributed by atoms with E-state index in [1.165, 1.54) is 6.07 Å². The number of rotatable bonds is 4. The molecule has 0 aliphatic rings. The number of carbonyl (C=O) groups is 1. The molecule has 4 nitrogen and oxygen atoms in total. The predicted molar refractivity (Wildman–Crippen MR) is 89.8 cm³/mol. The van der Waals surface area contributed by atoms with Gasteiger partial charge in [-0.15, -0.1) is 11.3 Å². The van der Waals surface area contributed by atoms with Crippen LogP contribution >= 0.6 is 11.3 Å². The maximum atomic E-state index is 13.2. The molecule has 0 saturated carbocycles. The highest BCUT2D eigenvalue weighted by Gasteiger charge is 2.06. The fourth-order valence-corrected chi connectivity index (χ4v) is 3.12. The summed E-state index contributed by atoms with van der Waals surface area (Å²) in [6.07, 6.45) is 0. The lowest BCUT2D eigenvalue weighted by Gasteiger charge is -2.07. The Labute approximate surface area is 137 Å². The van der Waals surface area contributed by atoms with Gasteiger partial charge in [0.2, 0.25) is 0 Å². The number of thiazole rings is 1. The highest BCUT2D eigenvalue weighted by Crippen LogP contribution is 2.21. The Bertz CT molecular complexity index is 814. The zero-order chi connectivity index (χ0) is 16.2. The molecule has 6 heteroatoms. The van der Waals surface area contributed by atoms with Crippen molar-refractivity contribution >= 4 is 27.6 Å². The van der Waals surface area contributed by atoms with Crippen LogP contribution in [0.1, 0.15) is 16.1 Å². The van der Waals surface area contributed by atoms with Crippen LogP contribution in [0.15, 0.2) is 42.5 Å². The molecule has 0 atom stereocenters. The van der Waals surface area contributed by atoms with Crippen LogP contribution in [0.25, 0.3) is 10.2 Å². The number of carbonyl (C=O) groups excluding carboxylic acids is 1. The van der Waals surface area contributed by atoms with Crippen LogP contribution in [0, 0.1) is 12.7 Å². The molecule has 0 aliphatic carbocycles. The van der Waals surface area contributed by atoms with Gasteiger partial charge in [-0.1, -0.05) is 24.3 Å². The molecule has 3 rings (SSSR count). The summed E-state index contributed by atoms with van der Waals surface area (Å²) in [5.41, 5.74) is 2.37. The molecule has 0 fully saturated rings. The molecule has 2 aromatic carbocycles. The van der Waals surface area contributed by atoms with Crippen LogP contribution < -0.4 is 10.6 Å². The number of nitrogens with zero attached hydrogens (tertiary/aromatic N) is 1. The zero-order valence-corrected chi connectivity index (χ0v) is 13.4. The minimum atomic E-state index is -0.272. The molecule has 118 valence electrons. The van der Waals surface area contributed by atoms with Crippen LogP contribution in [-0.2, 0) is 13.1 Å². The molecule has 3 aromatic rings. The Kier molecular flexibility index (Phi) is 4.52. The van der Waals surface area contributed by atoms with Gasteiger partial charge in [0.05, 0.1) is 16.8 Å². The Balaban J connectivity index is 1.52. The third-order valence-corrected chi connectivity index (χ3v) is 4.45. The van der Waals surface area contributed by atoms with Gasteiger partial charge in [0, 0.05) is 6.54 Å². The number of halogens is 1. The van der Waals surface area contributed by atoms with Crippen LogP contribution in [0.3, 0.4) is 0 Å². The quantitative estimate of drug-likeness (QED) is 0.766. The number of aryl methyl sites for hydroxylation is 1. The van der Waals surface area contributed by atoms with Gasteiger partial charge in [-0.3, -0.25) is 0 Å². The van der Waals surface area contributed by atoms with Crippen molar-refractivity contribution in [3.63, 3.8) is 0 Å². The van der Waals surface area contributed by atoms with E-state index in [0.717, 1.165) is 20.8 Å². The first-order valence-electron chi connectivity index (χ1n) is 7.23. The number of amides is 2. The Hall–Kier alpha value is -2.47. The van der Waals surface area contributed by atoms with Crippen molar-refractivity contribution in [3.05, 3.63) is 64.4 Å². The summed E-state index contributed by atoms with van der Waals surface area (Å²) in [5, 5.41) is 6.39. The molecule has 0 saturated heterocycles. The number of urea groups is 1. The smallest absolute Gasteiger partial charge is 0.315 e. The van der Waals surface area contributed by atoms with Crippen molar-refractivity contribution in [2.45, 2.75) is 20.0 Å². The number of hydrogen-bond acceptors (Lipinski definition) is 3. The van der Waals surface area contributed by atoms with E-state index < -0.39 is 0 Å². The van der Waals surface area contributed by atoms with Crippen molar-refractivity contribution in [2.75, 3.05) is 0 Å². The minimum absolute atomic E-state index is 0.242. The minimum Gasteiger partial charge on any atom is -0.334 e. The average molecular weight is 329 g/mol. The second kappa shape index (κ2) is 6.75. The van der Waals surface area contributed by atoms with E-state index >= 15 is 0 Å². The Morgan fingerprint density at radius 1 is 1.17 bits per heavy atom. The van der Waals surface area contributed by atoms with E-state index in [-0.39, 0.29) is 11.8 Å². The van der Waals surface area contributed by atoms with Gasteiger partial charge in [-0.2, -0.15) is 0 Å². The fraction of sp³-hybridized carbons (Fsp3) is 0.176. The number of benzene rings is 2. The van der Waals surface area contributed by atoms with Gasteiger partial charge in [0.1, 0.15) is 10.8 Å². The SMILES string of the molecule is Cc1cc(CNC(=O)NCc2nc3ccccc3s2)ccc1F. The summed E-state index contributed by atoms with van der Waals surface area (Å²) < 4.78 is 14.3. The first-order chi connectivity index (χ1) is 11.1. The van der Waals surface area contributed by atoms with Crippen molar-refractivity contribution in [2.24, 2.45) is 0 Å². The van der Waals surface area contributed by atoms with Gasteiger partial charge in [0.25, 0.3) is 0 Å². The standard InChI is InChI=1S/C17H16FN3OS/c1-11-8-12(6-7-13(11)18)9-19-17(22)20-10-16-21-14-4-2-3-5-15(14)23-16/h2-8H,9-10H2,1H3,(H2,19,20,22). The summed E-state index contributed by atoms with van der Waals surface area (Å²) in [4.78, 5) is 16.3. The summed E-state index contributed by atoms with van der Waals surface area (Å²) in [5.74, 6) is -0.242. The second-order valence-electron chi connectivity index (χ2n) is 5.20. The lowest BCUT2D eigenvalue weighted by Crippen LogP contribution is -2.34.